The summed E-state index contributed by atoms with van der Waals surface area (Å²) in [5.41, 5.74) is 2.68. The van der Waals surface area contributed by atoms with E-state index in [9.17, 15) is 4.79 Å². The predicted molar refractivity (Wildman–Crippen MR) is 133 cm³/mol. The summed E-state index contributed by atoms with van der Waals surface area (Å²) in [7, 11) is 0. The number of rotatable bonds is 4. The van der Waals surface area contributed by atoms with Crippen molar-refractivity contribution in [3.63, 3.8) is 0 Å². The molecule has 10 nitrogen and oxygen atoms in total. The average molecular weight is 476 g/mol. The molecule has 182 valence electrons. The van der Waals surface area contributed by atoms with E-state index in [1.807, 2.05) is 37.3 Å². The number of hydrogen-bond acceptors (Lipinski definition) is 7. The van der Waals surface area contributed by atoms with Crippen molar-refractivity contribution in [2.75, 3.05) is 36.5 Å². The lowest BCUT2D eigenvalue weighted by atomic mass is 9.96. The largest absolute Gasteiger partial charge is 0.378 e. The molecule has 1 amide bonds. The first-order valence-electron chi connectivity index (χ1n) is 12.0. The lowest BCUT2D eigenvalue weighted by Gasteiger charge is -2.27. The predicted octanol–water partition coefficient (Wildman–Crippen LogP) is 3.49. The summed E-state index contributed by atoms with van der Waals surface area (Å²) < 4.78 is 9.18. The van der Waals surface area contributed by atoms with E-state index < -0.39 is 0 Å². The molecule has 0 radical (unpaired) electrons. The van der Waals surface area contributed by atoms with Crippen LogP contribution in [0.25, 0.3) is 16.6 Å². The van der Waals surface area contributed by atoms with Crippen LogP contribution >= 0.6 is 0 Å². The number of carbonyl (C=O) groups excluding carboxylic acids is 2. The van der Waals surface area contributed by atoms with Crippen LogP contribution in [0.1, 0.15) is 48.5 Å². The molecular formula is C25H29N7O3. The number of nitrogens with zero attached hydrogens (tertiary/aromatic N) is 6. The second kappa shape index (κ2) is 10.2. The van der Waals surface area contributed by atoms with Gasteiger partial charge in [-0.05, 0) is 37.1 Å². The molecule has 2 fully saturated rings. The lowest BCUT2D eigenvalue weighted by Crippen LogP contribution is -2.36. The summed E-state index contributed by atoms with van der Waals surface area (Å²) in [6, 6.07) is 8.25. The zero-order valence-corrected chi connectivity index (χ0v) is 19.6. The highest BCUT2D eigenvalue weighted by Crippen LogP contribution is 2.29. The molecule has 0 spiro atoms. The molecule has 4 heterocycles. The van der Waals surface area contributed by atoms with Crippen LogP contribution in [0, 0.1) is 0 Å². The molecule has 1 aliphatic heterocycles. The number of ether oxygens (including phenoxy) is 1. The fraction of sp³-hybridized carbons (Fsp3) is 0.400. The van der Waals surface area contributed by atoms with Gasteiger partial charge in [0.05, 0.1) is 31.0 Å². The van der Waals surface area contributed by atoms with Gasteiger partial charge in [-0.1, -0.05) is 19.3 Å². The van der Waals surface area contributed by atoms with Gasteiger partial charge in [-0.15, -0.1) is 0 Å². The molecule has 1 aliphatic carbocycles. The van der Waals surface area contributed by atoms with E-state index in [4.69, 9.17) is 19.6 Å². The van der Waals surface area contributed by atoms with Gasteiger partial charge < -0.3 is 19.7 Å². The van der Waals surface area contributed by atoms with Crippen molar-refractivity contribution in [2.24, 2.45) is 0 Å². The molecule has 0 atom stereocenters. The molecule has 1 aromatic carbocycles. The Labute approximate surface area is 202 Å². The molecule has 0 unspecified atom stereocenters. The Hall–Kier alpha value is -3.79. The first-order chi connectivity index (χ1) is 17.2. The highest BCUT2D eigenvalue weighted by atomic mass is 16.5. The molecule has 2 aliphatic rings. The Bertz CT molecular complexity index is 1320. The maximum absolute atomic E-state index is 13.1. The molecule has 1 N–H and O–H groups in total. The minimum Gasteiger partial charge on any atom is -0.378 e. The Balaban J connectivity index is 0.00000124. The summed E-state index contributed by atoms with van der Waals surface area (Å²) in [5, 5.41) is 13.1. The number of hydrogen-bond donors (Lipinski definition) is 1. The van der Waals surface area contributed by atoms with Crippen molar-refractivity contribution in [3.05, 3.63) is 48.4 Å². The second-order valence-electron chi connectivity index (χ2n) is 8.84. The van der Waals surface area contributed by atoms with Crippen molar-refractivity contribution in [3.8, 4) is 0 Å². The average Bonchev–Trinajstić information content (AvgIpc) is 3.55. The Kier molecular flexibility index (Phi) is 6.71. The number of nitrogens with one attached hydrogen (secondary N) is 1. The number of anilines is 2. The first-order valence-corrected chi connectivity index (χ1v) is 12.0. The van der Waals surface area contributed by atoms with Crippen molar-refractivity contribution < 1.29 is 14.3 Å². The van der Waals surface area contributed by atoms with Gasteiger partial charge in [0.1, 0.15) is 18.2 Å². The van der Waals surface area contributed by atoms with Gasteiger partial charge >= 0.3 is 0 Å². The van der Waals surface area contributed by atoms with Crippen LogP contribution in [0.15, 0.2) is 42.9 Å². The summed E-state index contributed by atoms with van der Waals surface area (Å²) in [4.78, 5) is 28.0. The normalized spacial score (nSPS) is 16.7. The molecule has 1 saturated heterocycles. The van der Waals surface area contributed by atoms with Crippen molar-refractivity contribution >= 4 is 40.8 Å². The zero-order chi connectivity index (χ0) is 24.2. The molecule has 0 bridgehead atoms. The molecule has 6 rings (SSSR count). The Morgan fingerprint density at radius 2 is 1.89 bits per heavy atom. The highest BCUT2D eigenvalue weighted by Gasteiger charge is 2.19. The molecule has 35 heavy (non-hydrogen) atoms. The van der Waals surface area contributed by atoms with Crippen LogP contribution in [0.4, 0.5) is 11.5 Å². The van der Waals surface area contributed by atoms with Gasteiger partial charge in [-0.25, -0.2) is 9.50 Å². The number of carbonyl (C=O) groups is 2. The van der Waals surface area contributed by atoms with Crippen molar-refractivity contribution in [1.29, 1.82) is 0 Å². The third-order valence-corrected chi connectivity index (χ3v) is 6.66. The van der Waals surface area contributed by atoms with E-state index in [0.717, 1.165) is 35.5 Å². The number of fused-ring (bicyclic) bond motifs is 2. The second-order valence-corrected chi connectivity index (χ2v) is 8.84. The van der Waals surface area contributed by atoms with Crippen LogP contribution in [-0.2, 0) is 9.53 Å². The highest BCUT2D eigenvalue weighted by molar-refractivity contribution is 6.08. The Morgan fingerprint density at radius 3 is 2.69 bits per heavy atom. The molecule has 4 aromatic rings. The third kappa shape index (κ3) is 4.74. The smallest absolute Gasteiger partial charge is 0.261 e. The zero-order valence-electron chi connectivity index (χ0n) is 19.6. The molecule has 1 saturated carbocycles. The van der Waals surface area contributed by atoms with E-state index in [0.29, 0.717) is 30.5 Å². The summed E-state index contributed by atoms with van der Waals surface area (Å²) >= 11 is 0. The van der Waals surface area contributed by atoms with Crippen LogP contribution in [-0.4, -0.2) is 63.4 Å². The van der Waals surface area contributed by atoms with Crippen LogP contribution in [0.3, 0.4) is 0 Å². The van der Waals surface area contributed by atoms with Gasteiger partial charge in [-0.2, -0.15) is 10.2 Å². The van der Waals surface area contributed by atoms with Crippen LogP contribution < -0.4 is 10.2 Å². The monoisotopic (exact) mass is 475 g/mol. The van der Waals surface area contributed by atoms with E-state index >= 15 is 0 Å². The quantitative estimate of drug-likeness (QED) is 0.481. The standard InChI is InChI=1S/C24H27N7O2.CH2O/c32-24(20-15-25-30-9-8-22(27-23(20)30)29-10-12-33-13-11-29)26-18-6-7-21-17(14-18)16-31(28-21)19-4-2-1-3-5-19;1-2/h6-9,14-16,19H,1-5,10-13H2,(H,26,32);1H2. The van der Waals surface area contributed by atoms with Gasteiger partial charge in [0.15, 0.2) is 5.65 Å². The van der Waals surface area contributed by atoms with E-state index in [-0.39, 0.29) is 5.91 Å². The number of morpholine rings is 1. The van der Waals surface area contributed by atoms with E-state index in [2.05, 4.69) is 26.2 Å². The summed E-state index contributed by atoms with van der Waals surface area (Å²) in [5.74, 6) is 0.604. The fourth-order valence-corrected chi connectivity index (χ4v) is 4.84. The Morgan fingerprint density at radius 1 is 1.09 bits per heavy atom. The van der Waals surface area contributed by atoms with Gasteiger partial charge in [0, 0.05) is 36.6 Å². The fourth-order valence-electron chi connectivity index (χ4n) is 4.84. The van der Waals surface area contributed by atoms with E-state index in [1.54, 1.807) is 10.7 Å². The van der Waals surface area contributed by atoms with Gasteiger partial charge in [0.25, 0.3) is 5.91 Å². The third-order valence-electron chi connectivity index (χ3n) is 6.66. The minimum absolute atomic E-state index is 0.226. The minimum atomic E-state index is -0.226. The number of benzene rings is 1. The SMILES string of the molecule is C=O.O=C(Nc1ccc2nn(C3CCCCC3)cc2c1)c1cnn2ccc(N3CCOCC3)nc12. The maximum atomic E-state index is 13.1. The number of amides is 1. The molecular weight excluding hydrogens is 446 g/mol. The van der Waals surface area contributed by atoms with Gasteiger partial charge in [0.2, 0.25) is 0 Å². The van der Waals surface area contributed by atoms with Crippen LogP contribution in [0.5, 0.6) is 0 Å². The van der Waals surface area contributed by atoms with E-state index in [1.165, 1.54) is 32.1 Å². The lowest BCUT2D eigenvalue weighted by molar-refractivity contribution is -0.0980. The maximum Gasteiger partial charge on any atom is 0.261 e. The topological polar surface area (TPSA) is 107 Å². The van der Waals surface area contributed by atoms with Gasteiger partial charge in [-0.3, -0.25) is 9.48 Å². The van der Waals surface area contributed by atoms with Crippen molar-refractivity contribution in [1.82, 2.24) is 24.4 Å². The number of aromatic nitrogens is 5. The summed E-state index contributed by atoms with van der Waals surface area (Å²) in [6.07, 6.45) is 11.7. The van der Waals surface area contributed by atoms with Crippen LogP contribution in [0.2, 0.25) is 0 Å². The molecule has 3 aromatic heterocycles. The molecule has 10 heteroatoms. The van der Waals surface area contributed by atoms with Crippen molar-refractivity contribution in [2.45, 2.75) is 38.1 Å². The summed E-state index contributed by atoms with van der Waals surface area (Å²) in [6.45, 7) is 4.93. The first kappa shape index (κ1) is 23.0.